The van der Waals surface area contributed by atoms with E-state index in [-0.39, 0.29) is 13.0 Å². The van der Waals surface area contributed by atoms with Crippen molar-refractivity contribution < 1.29 is 18.4 Å². The van der Waals surface area contributed by atoms with Gasteiger partial charge in [-0.25, -0.2) is 13.2 Å². The van der Waals surface area contributed by atoms with Gasteiger partial charge < -0.3 is 5.21 Å². The van der Waals surface area contributed by atoms with Gasteiger partial charge in [0, 0.05) is 13.1 Å². The first-order valence-corrected chi connectivity index (χ1v) is 3.44. The summed E-state index contributed by atoms with van der Waals surface area (Å²) in [5.41, 5.74) is 0. The highest BCUT2D eigenvalue weighted by atomic mass is 19.3. The summed E-state index contributed by atoms with van der Waals surface area (Å²) in [5.74, 6) is 0. The molecule has 0 radical (unpaired) electrons. The topological polar surface area (TPSA) is 23.5 Å². The average Bonchev–Trinajstić information content (AvgIpc) is 1.99. The van der Waals surface area contributed by atoms with Crippen LogP contribution in [0.5, 0.6) is 0 Å². The van der Waals surface area contributed by atoms with Gasteiger partial charge in [-0.05, 0) is 6.42 Å². The van der Waals surface area contributed by atoms with Crippen LogP contribution in [0.1, 0.15) is 13.3 Å². The molecule has 11 heavy (non-hydrogen) atoms. The first-order valence-electron chi connectivity index (χ1n) is 3.44. The van der Waals surface area contributed by atoms with E-state index in [9.17, 15) is 13.2 Å². The molecule has 0 rings (SSSR count). The number of hydrogen-bond acceptors (Lipinski definition) is 2. The summed E-state index contributed by atoms with van der Waals surface area (Å²) in [4.78, 5) is 0. The minimum atomic E-state index is -2.94. The Labute approximate surface area is 63.6 Å². The summed E-state index contributed by atoms with van der Waals surface area (Å²) in [5, 5.41) is 9.51. The Morgan fingerprint density at radius 1 is 1.36 bits per heavy atom. The van der Waals surface area contributed by atoms with E-state index >= 15 is 0 Å². The lowest BCUT2D eigenvalue weighted by molar-refractivity contribution is -0.0948. The zero-order valence-electron chi connectivity index (χ0n) is 6.30. The lowest BCUT2D eigenvalue weighted by Crippen LogP contribution is -2.24. The Balaban J connectivity index is 3.37. The molecule has 2 nitrogen and oxygen atoms in total. The summed E-state index contributed by atoms with van der Waals surface area (Å²) >= 11 is 0. The van der Waals surface area contributed by atoms with Crippen LogP contribution in [0.25, 0.3) is 0 Å². The molecule has 5 heteroatoms. The van der Waals surface area contributed by atoms with Gasteiger partial charge in [0.2, 0.25) is 0 Å². The van der Waals surface area contributed by atoms with Crippen LogP contribution >= 0.6 is 0 Å². The van der Waals surface area contributed by atoms with Crippen molar-refractivity contribution in [3.8, 4) is 0 Å². The van der Waals surface area contributed by atoms with Crippen molar-refractivity contribution in [2.24, 2.45) is 0 Å². The summed E-state index contributed by atoms with van der Waals surface area (Å²) in [6, 6.07) is 0. The second kappa shape index (κ2) is 5.37. The van der Waals surface area contributed by atoms with E-state index in [0.717, 1.165) is 5.06 Å². The maximum absolute atomic E-state index is 12.1. The van der Waals surface area contributed by atoms with E-state index in [0.29, 0.717) is 6.54 Å². The lowest BCUT2D eigenvalue weighted by atomic mass is 10.3. The van der Waals surface area contributed by atoms with Gasteiger partial charge in [-0.1, -0.05) is 6.92 Å². The van der Waals surface area contributed by atoms with E-state index in [1.54, 1.807) is 6.92 Å². The third-order valence-electron chi connectivity index (χ3n) is 1.30. The van der Waals surface area contributed by atoms with Crippen molar-refractivity contribution in [2.45, 2.75) is 25.9 Å². The van der Waals surface area contributed by atoms with Crippen LogP contribution in [-0.2, 0) is 0 Å². The molecule has 68 valence electrons. The Bertz CT molecular complexity index is 102. The van der Waals surface area contributed by atoms with Gasteiger partial charge in [-0.15, -0.1) is 0 Å². The molecule has 1 unspecified atom stereocenters. The summed E-state index contributed by atoms with van der Waals surface area (Å²) < 4.78 is 35.1. The molecule has 0 saturated carbocycles. The summed E-state index contributed by atoms with van der Waals surface area (Å²) in [7, 11) is 0. The minimum absolute atomic E-state index is 0.0536. The minimum Gasteiger partial charge on any atom is -0.314 e. The maximum atomic E-state index is 12.1. The molecule has 0 aliphatic heterocycles. The predicted octanol–water partition coefficient (Wildman–Crippen LogP) is 1.69. The fourth-order valence-electron chi connectivity index (χ4n) is 0.556. The molecule has 0 aromatic carbocycles. The van der Waals surface area contributed by atoms with Gasteiger partial charge >= 0.3 is 0 Å². The smallest absolute Gasteiger partial charge is 0.269 e. The van der Waals surface area contributed by atoms with Gasteiger partial charge in [0.25, 0.3) is 6.43 Å². The molecule has 0 aromatic heterocycles. The highest BCUT2D eigenvalue weighted by Gasteiger charge is 2.19. The van der Waals surface area contributed by atoms with Crippen molar-refractivity contribution >= 4 is 0 Å². The molecule has 0 fully saturated rings. The Kier molecular flexibility index (Phi) is 5.23. The highest BCUT2D eigenvalue weighted by Crippen LogP contribution is 2.09. The van der Waals surface area contributed by atoms with Crippen LogP contribution in [0.4, 0.5) is 13.2 Å². The third-order valence-corrected chi connectivity index (χ3v) is 1.30. The number of nitrogens with zero attached hydrogens (tertiary/aromatic N) is 1. The van der Waals surface area contributed by atoms with Gasteiger partial charge in [-0.2, -0.15) is 5.06 Å². The molecule has 0 bridgehead atoms. The SMILES string of the molecule is CCN(O)CCC(F)C(F)F. The fourth-order valence-corrected chi connectivity index (χ4v) is 0.556. The number of alkyl halides is 3. The van der Waals surface area contributed by atoms with Crippen LogP contribution < -0.4 is 0 Å². The summed E-state index contributed by atoms with van der Waals surface area (Å²) in [6.07, 6.45) is -5.40. The van der Waals surface area contributed by atoms with Crippen molar-refractivity contribution in [3.05, 3.63) is 0 Å². The molecule has 0 saturated heterocycles. The molecule has 0 heterocycles. The van der Waals surface area contributed by atoms with Crippen molar-refractivity contribution in [2.75, 3.05) is 13.1 Å². The second-order valence-electron chi connectivity index (χ2n) is 2.19. The summed E-state index contributed by atoms with van der Waals surface area (Å²) in [6.45, 7) is 1.91. The first kappa shape index (κ1) is 10.7. The predicted molar refractivity (Wildman–Crippen MR) is 34.6 cm³/mol. The molecule has 1 atom stereocenters. The maximum Gasteiger partial charge on any atom is 0.269 e. The standard InChI is InChI=1S/C6H12F3NO/c1-2-10(11)4-3-5(7)6(8)9/h5-6,11H,2-4H2,1H3. The molecule has 0 aromatic rings. The zero-order chi connectivity index (χ0) is 8.85. The Hall–Kier alpha value is -0.290. The third kappa shape index (κ3) is 5.03. The molecule has 0 spiro atoms. The van der Waals surface area contributed by atoms with E-state index in [2.05, 4.69) is 0 Å². The van der Waals surface area contributed by atoms with Gasteiger partial charge in [-0.3, -0.25) is 0 Å². The van der Waals surface area contributed by atoms with Gasteiger partial charge in [0.1, 0.15) is 0 Å². The van der Waals surface area contributed by atoms with E-state index < -0.39 is 12.6 Å². The Morgan fingerprint density at radius 3 is 2.27 bits per heavy atom. The van der Waals surface area contributed by atoms with E-state index in [4.69, 9.17) is 5.21 Å². The van der Waals surface area contributed by atoms with Crippen molar-refractivity contribution in [3.63, 3.8) is 0 Å². The average molecular weight is 171 g/mol. The van der Waals surface area contributed by atoms with Crippen LogP contribution in [-0.4, -0.2) is 36.0 Å². The van der Waals surface area contributed by atoms with Crippen LogP contribution in [0.2, 0.25) is 0 Å². The van der Waals surface area contributed by atoms with Crippen molar-refractivity contribution in [1.82, 2.24) is 5.06 Å². The van der Waals surface area contributed by atoms with Crippen LogP contribution in [0.3, 0.4) is 0 Å². The molecular weight excluding hydrogens is 159 g/mol. The number of rotatable bonds is 5. The number of hydrogen-bond donors (Lipinski definition) is 1. The second-order valence-corrected chi connectivity index (χ2v) is 2.19. The normalized spacial score (nSPS) is 14.5. The zero-order valence-corrected chi connectivity index (χ0v) is 6.30. The first-order chi connectivity index (χ1) is 5.07. The van der Waals surface area contributed by atoms with Gasteiger partial charge in [0.15, 0.2) is 6.17 Å². The number of halogens is 3. The number of hydroxylamine groups is 2. The van der Waals surface area contributed by atoms with Crippen LogP contribution in [0, 0.1) is 0 Å². The Morgan fingerprint density at radius 2 is 1.91 bits per heavy atom. The fraction of sp³-hybridized carbons (Fsp3) is 1.00. The molecule has 0 amide bonds. The van der Waals surface area contributed by atoms with Gasteiger partial charge in [0.05, 0.1) is 0 Å². The van der Waals surface area contributed by atoms with Crippen LogP contribution in [0.15, 0.2) is 0 Å². The quantitative estimate of drug-likeness (QED) is 0.636. The molecule has 1 N–H and O–H groups in total. The highest BCUT2D eigenvalue weighted by molar-refractivity contribution is 4.59. The molecular formula is C6H12F3NO. The van der Waals surface area contributed by atoms with Crippen molar-refractivity contribution in [1.29, 1.82) is 0 Å². The largest absolute Gasteiger partial charge is 0.314 e. The van der Waals surface area contributed by atoms with E-state index in [1.807, 2.05) is 0 Å². The molecule has 0 aliphatic rings. The monoisotopic (exact) mass is 171 g/mol. The molecule has 0 aliphatic carbocycles. The van der Waals surface area contributed by atoms with E-state index in [1.165, 1.54) is 0 Å². The lowest BCUT2D eigenvalue weighted by Gasteiger charge is -2.13.